The number of aliphatic carboxylic acids is 1. The van der Waals surface area contributed by atoms with E-state index in [4.69, 9.17) is 9.47 Å². The number of carboxylic acid groups (broad SMARTS) is 1. The first kappa shape index (κ1) is 21.7. The zero-order chi connectivity index (χ0) is 21.2. The summed E-state index contributed by atoms with van der Waals surface area (Å²) >= 11 is 0. The molecule has 0 radical (unpaired) electrons. The molecule has 1 aliphatic carbocycles. The van der Waals surface area contributed by atoms with Gasteiger partial charge in [0.15, 0.2) is 5.54 Å². The SMILES string of the molecule is CC(C)(C)OC(=O)NC(C)(C)C(=O)N[C@@]1(C(=O)O)C[C@H]1OCc1ccccc1. The second-order valence-corrected chi connectivity index (χ2v) is 8.47. The first-order valence-corrected chi connectivity index (χ1v) is 9.08. The highest BCUT2D eigenvalue weighted by Gasteiger charge is 2.64. The van der Waals surface area contributed by atoms with Crippen LogP contribution in [0.4, 0.5) is 4.79 Å². The molecule has 1 saturated carbocycles. The van der Waals surface area contributed by atoms with Crippen LogP contribution in [-0.2, 0) is 25.7 Å². The fourth-order valence-electron chi connectivity index (χ4n) is 2.59. The maximum atomic E-state index is 12.6. The van der Waals surface area contributed by atoms with Gasteiger partial charge < -0.3 is 25.2 Å². The van der Waals surface area contributed by atoms with Gasteiger partial charge in [-0.1, -0.05) is 30.3 Å². The second-order valence-electron chi connectivity index (χ2n) is 8.47. The Morgan fingerprint density at radius 1 is 1.14 bits per heavy atom. The van der Waals surface area contributed by atoms with Gasteiger partial charge in [0.25, 0.3) is 0 Å². The van der Waals surface area contributed by atoms with Gasteiger partial charge in [-0.3, -0.25) is 4.79 Å². The predicted molar refractivity (Wildman–Crippen MR) is 102 cm³/mol. The molecule has 1 aromatic carbocycles. The van der Waals surface area contributed by atoms with Crippen molar-refractivity contribution in [1.82, 2.24) is 10.6 Å². The summed E-state index contributed by atoms with van der Waals surface area (Å²) in [6, 6.07) is 9.35. The molecule has 3 N–H and O–H groups in total. The fourth-order valence-corrected chi connectivity index (χ4v) is 2.59. The summed E-state index contributed by atoms with van der Waals surface area (Å²) in [6.07, 6.45) is -1.25. The Balaban J connectivity index is 1.97. The van der Waals surface area contributed by atoms with E-state index in [0.717, 1.165) is 5.56 Å². The number of carbonyl (C=O) groups is 3. The molecule has 0 spiro atoms. The zero-order valence-corrected chi connectivity index (χ0v) is 16.9. The molecule has 0 unspecified atom stereocenters. The van der Waals surface area contributed by atoms with Crippen LogP contribution in [0.15, 0.2) is 30.3 Å². The minimum Gasteiger partial charge on any atom is -0.479 e. The van der Waals surface area contributed by atoms with Crippen molar-refractivity contribution in [2.75, 3.05) is 0 Å². The third-order valence-corrected chi connectivity index (χ3v) is 4.29. The highest BCUT2D eigenvalue weighted by molar-refractivity contribution is 5.95. The normalized spacial score (nSPS) is 21.5. The summed E-state index contributed by atoms with van der Waals surface area (Å²) in [5.74, 6) is -1.81. The van der Waals surface area contributed by atoms with Crippen LogP contribution in [0.3, 0.4) is 0 Å². The van der Waals surface area contributed by atoms with E-state index in [1.54, 1.807) is 20.8 Å². The van der Waals surface area contributed by atoms with Crippen molar-refractivity contribution in [1.29, 1.82) is 0 Å². The van der Waals surface area contributed by atoms with E-state index >= 15 is 0 Å². The average molecular weight is 392 g/mol. The van der Waals surface area contributed by atoms with Crippen LogP contribution in [0.1, 0.15) is 46.6 Å². The third-order valence-electron chi connectivity index (χ3n) is 4.29. The summed E-state index contributed by atoms with van der Waals surface area (Å²) < 4.78 is 10.8. The monoisotopic (exact) mass is 392 g/mol. The van der Waals surface area contributed by atoms with Gasteiger partial charge in [-0.05, 0) is 40.2 Å². The maximum Gasteiger partial charge on any atom is 0.408 e. The minimum atomic E-state index is -1.50. The molecule has 2 atom stereocenters. The van der Waals surface area contributed by atoms with E-state index in [9.17, 15) is 19.5 Å². The number of carbonyl (C=O) groups excluding carboxylic acids is 2. The molecule has 0 aromatic heterocycles. The van der Waals surface area contributed by atoms with Crippen molar-refractivity contribution in [3.05, 3.63) is 35.9 Å². The summed E-state index contributed by atoms with van der Waals surface area (Å²) in [7, 11) is 0. The first-order valence-electron chi connectivity index (χ1n) is 9.08. The van der Waals surface area contributed by atoms with Gasteiger partial charge in [-0.15, -0.1) is 0 Å². The van der Waals surface area contributed by atoms with E-state index in [2.05, 4.69) is 10.6 Å². The number of hydrogen-bond donors (Lipinski definition) is 3. The molecule has 8 nitrogen and oxygen atoms in total. The predicted octanol–water partition coefficient (Wildman–Crippen LogP) is 2.22. The highest BCUT2D eigenvalue weighted by atomic mass is 16.6. The lowest BCUT2D eigenvalue weighted by Crippen LogP contribution is -2.60. The van der Waals surface area contributed by atoms with Crippen molar-refractivity contribution >= 4 is 18.0 Å². The summed E-state index contributed by atoms with van der Waals surface area (Å²) in [4.78, 5) is 36.4. The van der Waals surface area contributed by atoms with Crippen LogP contribution in [-0.4, -0.2) is 45.9 Å². The molecular weight excluding hydrogens is 364 g/mol. The van der Waals surface area contributed by atoms with Crippen molar-refractivity contribution in [2.45, 2.75) is 70.4 Å². The van der Waals surface area contributed by atoms with Gasteiger partial charge in [0.1, 0.15) is 11.1 Å². The van der Waals surface area contributed by atoms with E-state index in [1.165, 1.54) is 13.8 Å². The number of ether oxygens (including phenoxy) is 2. The molecule has 2 amide bonds. The number of benzene rings is 1. The molecule has 0 saturated heterocycles. The van der Waals surface area contributed by atoms with Crippen molar-refractivity contribution < 1.29 is 29.0 Å². The van der Waals surface area contributed by atoms with E-state index in [1.807, 2.05) is 30.3 Å². The van der Waals surface area contributed by atoms with Crippen molar-refractivity contribution in [3.63, 3.8) is 0 Å². The molecule has 1 fully saturated rings. The summed E-state index contributed by atoms with van der Waals surface area (Å²) in [5.41, 5.74) is -2.67. The Morgan fingerprint density at radius 2 is 1.75 bits per heavy atom. The number of nitrogens with one attached hydrogen (secondary N) is 2. The number of hydrogen-bond acceptors (Lipinski definition) is 5. The van der Waals surface area contributed by atoms with Crippen molar-refractivity contribution in [2.24, 2.45) is 0 Å². The summed E-state index contributed by atoms with van der Waals surface area (Å²) in [6.45, 7) is 8.32. The lowest BCUT2D eigenvalue weighted by Gasteiger charge is -2.29. The molecule has 28 heavy (non-hydrogen) atoms. The first-order chi connectivity index (χ1) is 12.9. The minimum absolute atomic E-state index is 0.156. The van der Waals surface area contributed by atoms with Crippen LogP contribution in [0, 0.1) is 0 Å². The molecule has 0 aliphatic heterocycles. The molecule has 1 aromatic rings. The molecule has 1 aliphatic rings. The molecular formula is C20H28N2O6. The Bertz CT molecular complexity index is 741. The molecule has 0 bridgehead atoms. The topological polar surface area (TPSA) is 114 Å². The average Bonchev–Trinajstić information content (AvgIpc) is 3.26. The van der Waals surface area contributed by atoms with Gasteiger partial charge in [0.05, 0.1) is 12.7 Å². The van der Waals surface area contributed by atoms with Crippen molar-refractivity contribution in [3.8, 4) is 0 Å². The van der Waals surface area contributed by atoms with Gasteiger partial charge >= 0.3 is 12.1 Å². The van der Waals surface area contributed by atoms with Crippen LogP contribution in [0.5, 0.6) is 0 Å². The van der Waals surface area contributed by atoms with Crippen LogP contribution < -0.4 is 10.6 Å². The highest BCUT2D eigenvalue weighted by Crippen LogP contribution is 2.40. The van der Waals surface area contributed by atoms with Gasteiger partial charge in [0.2, 0.25) is 5.91 Å². The lowest BCUT2D eigenvalue weighted by molar-refractivity contribution is -0.145. The quantitative estimate of drug-likeness (QED) is 0.656. The summed E-state index contributed by atoms with van der Waals surface area (Å²) in [5, 5.41) is 14.6. The Morgan fingerprint density at radius 3 is 2.29 bits per heavy atom. The Hall–Kier alpha value is -2.61. The molecule has 0 heterocycles. The van der Waals surface area contributed by atoms with E-state index in [-0.39, 0.29) is 13.0 Å². The van der Waals surface area contributed by atoms with Crippen LogP contribution >= 0.6 is 0 Å². The van der Waals surface area contributed by atoms with Gasteiger partial charge in [0, 0.05) is 6.42 Å². The maximum absolute atomic E-state index is 12.6. The third kappa shape index (κ3) is 5.45. The molecule has 2 rings (SSSR count). The second kappa shape index (κ2) is 7.79. The lowest BCUT2D eigenvalue weighted by atomic mass is 10.0. The Labute approximate surface area is 164 Å². The van der Waals surface area contributed by atoms with Gasteiger partial charge in [-0.25, -0.2) is 9.59 Å². The fraction of sp³-hybridized carbons (Fsp3) is 0.550. The zero-order valence-electron chi connectivity index (χ0n) is 16.9. The molecule has 8 heteroatoms. The number of alkyl carbamates (subject to hydrolysis) is 1. The van der Waals surface area contributed by atoms with Crippen LogP contribution in [0.2, 0.25) is 0 Å². The van der Waals surface area contributed by atoms with E-state index < -0.39 is 40.8 Å². The number of carboxylic acids is 1. The number of rotatable bonds is 7. The smallest absolute Gasteiger partial charge is 0.408 e. The van der Waals surface area contributed by atoms with E-state index in [0.29, 0.717) is 0 Å². The molecule has 154 valence electrons. The number of amides is 2. The Kier molecular flexibility index (Phi) is 6.03. The van der Waals surface area contributed by atoms with Gasteiger partial charge in [-0.2, -0.15) is 0 Å². The largest absolute Gasteiger partial charge is 0.479 e. The standard InChI is InChI=1S/C20H28N2O6/c1-18(2,3)28-17(26)22-19(4,5)15(23)21-20(16(24)25)11-14(20)27-12-13-9-7-6-8-10-13/h6-10,14H,11-12H2,1-5H3,(H,21,23)(H,22,26)(H,24,25)/t14-,20+/m1/s1. The van der Waals surface area contributed by atoms with Crippen LogP contribution in [0.25, 0.3) is 0 Å².